The van der Waals surface area contributed by atoms with Crippen LogP contribution < -0.4 is 5.73 Å². The van der Waals surface area contributed by atoms with E-state index in [1.165, 1.54) is 6.07 Å². The van der Waals surface area contributed by atoms with Crippen LogP contribution in [0.25, 0.3) is 17.0 Å². The quantitative estimate of drug-likeness (QED) is 0.297. The molecule has 1 aromatic carbocycles. The number of aliphatic hydroxyl groups is 3. The zero-order valence-electron chi connectivity index (χ0n) is 21.8. The zero-order chi connectivity index (χ0) is 28.5. The number of ketones is 2. The molecular weight excluding hydrogens is 520 g/mol. The predicted molar refractivity (Wildman–Crippen MR) is 140 cm³/mol. The summed E-state index contributed by atoms with van der Waals surface area (Å²) in [6.07, 6.45) is 2.98. The summed E-state index contributed by atoms with van der Waals surface area (Å²) >= 11 is 0. The van der Waals surface area contributed by atoms with Gasteiger partial charge in [-0.3, -0.25) is 24.4 Å². The molecule has 0 bridgehead atoms. The molecule has 12 heteroatoms. The second-order valence-electron chi connectivity index (χ2n) is 10.9. The molecule has 12 nitrogen and oxygen atoms in total. The van der Waals surface area contributed by atoms with Gasteiger partial charge in [-0.25, -0.2) is 0 Å². The summed E-state index contributed by atoms with van der Waals surface area (Å²) in [6.45, 7) is 0.809. The number of methoxy groups -OCH3 is 1. The maximum atomic E-state index is 14.1. The summed E-state index contributed by atoms with van der Waals surface area (Å²) in [5.41, 5.74) is 3.74. The van der Waals surface area contributed by atoms with Crippen molar-refractivity contribution in [1.29, 1.82) is 0 Å². The van der Waals surface area contributed by atoms with E-state index in [9.17, 15) is 34.8 Å². The number of nitrogens with one attached hydrogen (secondary N) is 1. The predicted octanol–water partition coefficient (Wildman–Crippen LogP) is 0.903. The number of nitrogens with two attached hydrogens (primary N) is 1. The van der Waals surface area contributed by atoms with Crippen LogP contribution in [0.5, 0.6) is 5.75 Å². The molecular formula is C28H30N4O8. The molecule has 1 saturated carbocycles. The lowest BCUT2D eigenvalue weighted by Gasteiger charge is -2.52. The second kappa shape index (κ2) is 9.29. The average molecular weight is 551 g/mol. The standard InChI is InChI=1S/C28H30N4O8/c1-40-13-5-8-32(9-6-13)22-16-11-12-10-15-14(17-4-7-30-31-17)2-3-18(33)20(15)23(34)19(12)25(36)28(16,39)26(37)21(24(22)35)27(29)38/h2-4,7,12-13,16,22,33-34,37,39H,5-6,8-11H2,1H3,(H2,29,38)(H,30,31). The number of aromatic amines is 1. The number of carbonyl (C=O) groups excluding carboxylic acids is 3. The molecule has 2 aromatic rings. The van der Waals surface area contributed by atoms with Crippen LogP contribution in [0.3, 0.4) is 0 Å². The first-order chi connectivity index (χ1) is 19.1. The van der Waals surface area contributed by atoms with E-state index in [0.717, 1.165) is 0 Å². The SMILES string of the molecule is COC1CCN(C2C(=O)C(C(N)=O)=C(O)C3(O)C(=O)C4=C(O)c5c(O)ccc(-c6ccn[nH]6)c5CC4CC23)CC1. The van der Waals surface area contributed by atoms with Gasteiger partial charge in [-0.2, -0.15) is 5.10 Å². The van der Waals surface area contributed by atoms with Crippen molar-refractivity contribution in [2.24, 2.45) is 17.6 Å². The number of H-pyrrole nitrogens is 1. The number of ether oxygens (including phenoxy) is 1. The smallest absolute Gasteiger partial charge is 0.255 e. The molecule has 210 valence electrons. The van der Waals surface area contributed by atoms with Crippen molar-refractivity contribution in [1.82, 2.24) is 15.1 Å². The number of fused-ring (bicyclic) bond motifs is 3. The van der Waals surface area contributed by atoms with Crippen LogP contribution in [0.2, 0.25) is 0 Å². The van der Waals surface area contributed by atoms with Crippen molar-refractivity contribution < 1.29 is 39.5 Å². The van der Waals surface area contributed by atoms with E-state index in [1.54, 1.807) is 25.4 Å². The van der Waals surface area contributed by atoms with Gasteiger partial charge < -0.3 is 30.9 Å². The molecule has 0 radical (unpaired) electrons. The number of hydrogen-bond acceptors (Lipinski definition) is 10. The van der Waals surface area contributed by atoms with Crippen LogP contribution in [0, 0.1) is 11.8 Å². The minimum Gasteiger partial charge on any atom is -0.508 e. The number of Topliss-reactive ketones (excluding diaryl/α,β-unsaturated/α-hetero) is 2. The number of hydrogen-bond donors (Lipinski definition) is 6. The molecule has 2 fully saturated rings. The maximum Gasteiger partial charge on any atom is 0.255 e. The molecule has 3 aliphatic carbocycles. The number of aliphatic hydroxyl groups excluding tert-OH is 2. The lowest BCUT2D eigenvalue weighted by atomic mass is 9.57. The fraction of sp³-hybridized carbons (Fsp3) is 0.429. The van der Waals surface area contributed by atoms with Crippen LogP contribution in [0.4, 0.5) is 0 Å². The molecule has 1 aromatic heterocycles. The van der Waals surface area contributed by atoms with Gasteiger partial charge in [0, 0.05) is 43.5 Å². The number of likely N-dealkylation sites (tertiary alicyclic amines) is 1. The molecule has 4 atom stereocenters. The van der Waals surface area contributed by atoms with Crippen molar-refractivity contribution in [3.8, 4) is 17.0 Å². The van der Waals surface area contributed by atoms with Crippen LogP contribution in [-0.2, 0) is 25.5 Å². The van der Waals surface area contributed by atoms with Crippen molar-refractivity contribution in [3.05, 3.63) is 52.4 Å². The van der Waals surface area contributed by atoms with Crippen molar-refractivity contribution >= 4 is 23.2 Å². The number of benzene rings is 1. The Hall–Kier alpha value is -4.00. The number of nitrogens with zero attached hydrogens (tertiary/aromatic N) is 2. The number of phenolic OH excluding ortho intramolecular Hbond substituents is 1. The monoisotopic (exact) mass is 550 g/mol. The number of primary amides is 1. The average Bonchev–Trinajstić information content (AvgIpc) is 3.46. The van der Waals surface area contributed by atoms with Crippen LogP contribution in [-0.4, -0.2) is 90.9 Å². The fourth-order valence-corrected chi connectivity index (χ4v) is 7.12. The number of phenols is 1. The summed E-state index contributed by atoms with van der Waals surface area (Å²) in [5, 5.41) is 52.0. The summed E-state index contributed by atoms with van der Waals surface area (Å²) < 4.78 is 5.44. The third kappa shape index (κ3) is 3.56. The lowest BCUT2D eigenvalue weighted by molar-refractivity contribution is -0.156. The normalized spacial score (nSPS) is 29.3. The van der Waals surface area contributed by atoms with E-state index < -0.39 is 58.0 Å². The maximum absolute atomic E-state index is 14.1. The van der Waals surface area contributed by atoms with Gasteiger partial charge in [0.2, 0.25) is 5.78 Å². The highest BCUT2D eigenvalue weighted by atomic mass is 16.5. The van der Waals surface area contributed by atoms with E-state index in [0.29, 0.717) is 42.8 Å². The summed E-state index contributed by atoms with van der Waals surface area (Å²) in [7, 11) is 1.60. The third-order valence-corrected chi connectivity index (χ3v) is 9.04. The highest BCUT2D eigenvalue weighted by molar-refractivity contribution is 6.24. The third-order valence-electron chi connectivity index (χ3n) is 9.04. The topological polar surface area (TPSA) is 199 Å². The van der Waals surface area contributed by atoms with Gasteiger partial charge in [0.05, 0.1) is 23.4 Å². The Kier molecular flexibility index (Phi) is 6.09. The summed E-state index contributed by atoms with van der Waals surface area (Å²) in [4.78, 5) is 42.0. The number of aromatic hydroxyl groups is 1. The number of piperidine rings is 1. The van der Waals surface area contributed by atoms with Gasteiger partial charge in [-0.1, -0.05) is 0 Å². The highest BCUT2D eigenvalue weighted by Crippen LogP contribution is 2.53. The Bertz CT molecular complexity index is 1490. The first-order valence-corrected chi connectivity index (χ1v) is 13.2. The fourth-order valence-electron chi connectivity index (χ4n) is 7.12. The number of aromatic nitrogens is 2. The van der Waals surface area contributed by atoms with Crippen LogP contribution >= 0.6 is 0 Å². The largest absolute Gasteiger partial charge is 0.508 e. The Morgan fingerprint density at radius 1 is 1.18 bits per heavy atom. The number of rotatable bonds is 4. The molecule has 1 amide bonds. The van der Waals surface area contributed by atoms with E-state index in [4.69, 9.17) is 10.5 Å². The Balaban J connectivity index is 1.51. The van der Waals surface area contributed by atoms with Crippen molar-refractivity contribution in [3.63, 3.8) is 0 Å². The first kappa shape index (κ1) is 26.2. The van der Waals surface area contributed by atoms with E-state index >= 15 is 0 Å². The Morgan fingerprint density at radius 2 is 1.90 bits per heavy atom. The second-order valence-corrected chi connectivity index (χ2v) is 10.9. The summed E-state index contributed by atoms with van der Waals surface area (Å²) in [5.74, 6) is -6.67. The molecule has 4 aliphatic rings. The molecule has 6 rings (SSSR count). The van der Waals surface area contributed by atoms with Gasteiger partial charge in [-0.15, -0.1) is 0 Å². The minimum atomic E-state index is -2.67. The molecule has 40 heavy (non-hydrogen) atoms. The van der Waals surface area contributed by atoms with Crippen molar-refractivity contribution in [2.45, 2.75) is 43.4 Å². The summed E-state index contributed by atoms with van der Waals surface area (Å²) in [6, 6.07) is 3.70. The molecule has 2 heterocycles. The van der Waals surface area contributed by atoms with E-state index in [-0.39, 0.29) is 35.8 Å². The number of amides is 1. The molecule has 7 N–H and O–H groups in total. The van der Waals surface area contributed by atoms with Gasteiger partial charge in [0.25, 0.3) is 5.91 Å². The highest BCUT2D eigenvalue weighted by Gasteiger charge is 2.64. The van der Waals surface area contributed by atoms with E-state index in [2.05, 4.69) is 10.2 Å². The molecule has 0 spiro atoms. The van der Waals surface area contributed by atoms with Gasteiger partial charge in [0.1, 0.15) is 22.8 Å². The van der Waals surface area contributed by atoms with Crippen molar-refractivity contribution in [2.75, 3.05) is 20.2 Å². The zero-order valence-corrected chi connectivity index (χ0v) is 21.8. The lowest BCUT2D eigenvalue weighted by Crippen LogP contribution is -2.67. The Morgan fingerprint density at radius 3 is 2.52 bits per heavy atom. The van der Waals surface area contributed by atoms with Gasteiger partial charge in [0.15, 0.2) is 11.4 Å². The van der Waals surface area contributed by atoms with Crippen LogP contribution in [0.1, 0.15) is 30.4 Å². The first-order valence-electron chi connectivity index (χ1n) is 13.2. The molecule has 1 aliphatic heterocycles. The van der Waals surface area contributed by atoms with E-state index in [1.807, 2.05) is 4.90 Å². The van der Waals surface area contributed by atoms with Gasteiger partial charge in [-0.05, 0) is 55.4 Å². The molecule has 4 unspecified atom stereocenters. The Labute approximate surface area is 228 Å². The van der Waals surface area contributed by atoms with Gasteiger partial charge >= 0.3 is 0 Å². The number of carbonyl (C=O) groups is 3. The molecule has 1 saturated heterocycles. The van der Waals surface area contributed by atoms with Crippen LogP contribution in [0.15, 0.2) is 41.3 Å². The minimum absolute atomic E-state index is 0.0173.